The predicted octanol–water partition coefficient (Wildman–Crippen LogP) is 0.830. The van der Waals surface area contributed by atoms with Gasteiger partial charge in [-0.2, -0.15) is 0 Å². The number of hydrogen-bond acceptors (Lipinski definition) is 5. The molecule has 18 heavy (non-hydrogen) atoms. The molecule has 96 valence electrons. The highest BCUT2D eigenvalue weighted by atomic mass is 16.6. The van der Waals surface area contributed by atoms with Gasteiger partial charge in [-0.05, 0) is 18.6 Å². The Morgan fingerprint density at radius 3 is 2.78 bits per heavy atom. The van der Waals surface area contributed by atoms with Gasteiger partial charge in [-0.3, -0.25) is 10.1 Å². The van der Waals surface area contributed by atoms with Gasteiger partial charge in [-0.25, -0.2) is 4.79 Å². The monoisotopic (exact) mass is 251 g/mol. The number of nitro groups is 1. The van der Waals surface area contributed by atoms with E-state index >= 15 is 0 Å². The second-order valence-electron chi connectivity index (χ2n) is 4.26. The van der Waals surface area contributed by atoms with Crippen molar-refractivity contribution in [3.8, 4) is 0 Å². The lowest BCUT2D eigenvalue weighted by molar-refractivity contribution is -0.385. The quantitative estimate of drug-likeness (QED) is 0.608. The average molecular weight is 251 g/mol. The number of nitro benzene ring substituents is 1. The Kier molecular flexibility index (Phi) is 3.15. The molecule has 1 atom stereocenters. The summed E-state index contributed by atoms with van der Waals surface area (Å²) < 4.78 is 0. The summed E-state index contributed by atoms with van der Waals surface area (Å²) in [5.74, 6) is -1.30. The normalized spacial score (nSPS) is 18.9. The summed E-state index contributed by atoms with van der Waals surface area (Å²) in [5.41, 5.74) is 5.74. The lowest BCUT2D eigenvalue weighted by Crippen LogP contribution is -2.26. The van der Waals surface area contributed by atoms with Crippen molar-refractivity contribution in [1.82, 2.24) is 0 Å². The number of carboxylic acid groups (broad SMARTS) is 1. The molecule has 1 aliphatic rings. The highest BCUT2D eigenvalue weighted by Crippen LogP contribution is 2.27. The number of anilines is 1. The molecule has 1 unspecified atom stereocenters. The van der Waals surface area contributed by atoms with Crippen molar-refractivity contribution < 1.29 is 14.8 Å². The topological polar surface area (TPSA) is 110 Å². The van der Waals surface area contributed by atoms with E-state index in [1.54, 1.807) is 6.07 Å². The van der Waals surface area contributed by atoms with E-state index in [4.69, 9.17) is 10.8 Å². The van der Waals surface area contributed by atoms with E-state index in [2.05, 4.69) is 0 Å². The lowest BCUT2D eigenvalue weighted by atomic mass is 10.1. The van der Waals surface area contributed by atoms with E-state index in [9.17, 15) is 14.9 Å². The van der Waals surface area contributed by atoms with Crippen molar-refractivity contribution in [2.75, 3.05) is 18.0 Å². The standard InChI is InChI=1S/C11H13N3O4/c12-7-3-4-13(6-7)8-1-2-10(14(17)18)9(5-8)11(15)16/h1-2,5,7H,3-4,6,12H2,(H,15,16). The molecule has 0 aliphatic carbocycles. The first-order valence-electron chi connectivity index (χ1n) is 5.51. The minimum Gasteiger partial charge on any atom is -0.477 e. The van der Waals surface area contributed by atoms with Crippen LogP contribution < -0.4 is 10.6 Å². The number of aromatic carboxylic acids is 1. The Labute approximate surface area is 103 Å². The zero-order chi connectivity index (χ0) is 13.3. The Bertz CT molecular complexity index is 503. The van der Waals surface area contributed by atoms with Crippen LogP contribution in [0.15, 0.2) is 18.2 Å². The fraction of sp³-hybridized carbons (Fsp3) is 0.364. The van der Waals surface area contributed by atoms with E-state index in [1.807, 2.05) is 4.90 Å². The van der Waals surface area contributed by atoms with Gasteiger partial charge in [-0.15, -0.1) is 0 Å². The minimum absolute atomic E-state index is 0.0634. The largest absolute Gasteiger partial charge is 0.477 e. The number of nitrogens with zero attached hydrogens (tertiary/aromatic N) is 2. The van der Waals surface area contributed by atoms with Gasteiger partial charge >= 0.3 is 5.97 Å². The Morgan fingerprint density at radius 2 is 2.28 bits per heavy atom. The number of rotatable bonds is 3. The van der Waals surface area contributed by atoms with Crippen molar-refractivity contribution in [2.45, 2.75) is 12.5 Å². The summed E-state index contributed by atoms with van der Waals surface area (Å²) >= 11 is 0. The third-order valence-electron chi connectivity index (χ3n) is 3.00. The molecule has 0 aromatic heterocycles. The SMILES string of the molecule is NC1CCN(c2ccc([N+](=O)[O-])c(C(=O)O)c2)C1. The second kappa shape index (κ2) is 4.61. The maximum atomic E-state index is 11.0. The van der Waals surface area contributed by atoms with E-state index < -0.39 is 16.6 Å². The summed E-state index contributed by atoms with van der Waals surface area (Å²) in [6.07, 6.45) is 0.833. The molecule has 0 spiro atoms. The van der Waals surface area contributed by atoms with Crippen LogP contribution in [0.25, 0.3) is 0 Å². The maximum Gasteiger partial charge on any atom is 0.342 e. The smallest absolute Gasteiger partial charge is 0.342 e. The van der Waals surface area contributed by atoms with E-state index in [1.165, 1.54) is 12.1 Å². The van der Waals surface area contributed by atoms with Gasteiger partial charge in [0.15, 0.2) is 0 Å². The summed E-state index contributed by atoms with van der Waals surface area (Å²) in [6, 6.07) is 4.18. The van der Waals surface area contributed by atoms with Gasteiger partial charge in [0.05, 0.1) is 4.92 Å². The zero-order valence-corrected chi connectivity index (χ0v) is 9.57. The molecule has 0 radical (unpaired) electrons. The molecule has 1 aromatic carbocycles. The average Bonchev–Trinajstić information content (AvgIpc) is 2.75. The third kappa shape index (κ3) is 2.25. The molecule has 2 rings (SSSR count). The van der Waals surface area contributed by atoms with E-state index in [0.29, 0.717) is 12.2 Å². The molecule has 1 aliphatic heterocycles. The number of hydrogen-bond donors (Lipinski definition) is 2. The van der Waals surface area contributed by atoms with E-state index in [0.717, 1.165) is 13.0 Å². The number of carbonyl (C=O) groups is 1. The van der Waals surface area contributed by atoms with E-state index in [-0.39, 0.29) is 11.6 Å². The summed E-state index contributed by atoms with van der Waals surface area (Å²) in [6.45, 7) is 1.37. The molecule has 7 nitrogen and oxygen atoms in total. The Balaban J connectivity index is 2.37. The Morgan fingerprint density at radius 1 is 1.56 bits per heavy atom. The van der Waals surface area contributed by atoms with Crippen LogP contribution in [0.4, 0.5) is 11.4 Å². The predicted molar refractivity (Wildman–Crippen MR) is 64.9 cm³/mol. The number of carboxylic acids is 1. The van der Waals surface area contributed by atoms with Crippen LogP contribution in [0.1, 0.15) is 16.8 Å². The van der Waals surface area contributed by atoms with Crippen LogP contribution in [0.5, 0.6) is 0 Å². The van der Waals surface area contributed by atoms with Gasteiger partial charge in [0.1, 0.15) is 5.56 Å². The summed E-state index contributed by atoms with van der Waals surface area (Å²) in [4.78, 5) is 23.0. The van der Waals surface area contributed by atoms with Gasteiger partial charge in [-0.1, -0.05) is 0 Å². The van der Waals surface area contributed by atoms with Crippen LogP contribution in [-0.2, 0) is 0 Å². The molecule has 0 amide bonds. The molecule has 1 heterocycles. The van der Waals surface area contributed by atoms with Crippen LogP contribution >= 0.6 is 0 Å². The second-order valence-corrected chi connectivity index (χ2v) is 4.26. The van der Waals surface area contributed by atoms with Crippen LogP contribution in [0.3, 0.4) is 0 Å². The molecular formula is C11H13N3O4. The van der Waals surface area contributed by atoms with Crippen molar-refractivity contribution in [3.05, 3.63) is 33.9 Å². The minimum atomic E-state index is -1.30. The van der Waals surface area contributed by atoms with Crippen LogP contribution in [0.2, 0.25) is 0 Å². The molecule has 3 N–H and O–H groups in total. The first-order chi connectivity index (χ1) is 8.49. The molecular weight excluding hydrogens is 238 g/mol. The molecule has 7 heteroatoms. The molecule has 0 saturated carbocycles. The highest BCUT2D eigenvalue weighted by Gasteiger charge is 2.24. The molecule has 1 saturated heterocycles. The molecule has 0 bridgehead atoms. The van der Waals surface area contributed by atoms with Gasteiger partial charge in [0, 0.05) is 30.9 Å². The Hall–Kier alpha value is -2.15. The van der Waals surface area contributed by atoms with Gasteiger partial charge < -0.3 is 15.7 Å². The maximum absolute atomic E-state index is 11.0. The van der Waals surface area contributed by atoms with Gasteiger partial charge in [0.2, 0.25) is 0 Å². The summed E-state index contributed by atoms with van der Waals surface area (Å²) in [5, 5.41) is 19.7. The van der Waals surface area contributed by atoms with Crippen LogP contribution in [-0.4, -0.2) is 35.1 Å². The first kappa shape index (κ1) is 12.3. The van der Waals surface area contributed by atoms with Crippen molar-refractivity contribution >= 4 is 17.3 Å². The molecule has 1 fully saturated rings. The van der Waals surface area contributed by atoms with Crippen molar-refractivity contribution in [2.24, 2.45) is 5.73 Å². The highest BCUT2D eigenvalue weighted by molar-refractivity contribution is 5.93. The third-order valence-corrected chi connectivity index (χ3v) is 3.00. The fourth-order valence-corrected chi connectivity index (χ4v) is 2.07. The summed E-state index contributed by atoms with van der Waals surface area (Å²) in [7, 11) is 0. The van der Waals surface area contributed by atoms with Gasteiger partial charge in [0.25, 0.3) is 5.69 Å². The lowest BCUT2D eigenvalue weighted by Gasteiger charge is -2.18. The zero-order valence-electron chi connectivity index (χ0n) is 9.57. The fourth-order valence-electron chi connectivity index (χ4n) is 2.07. The number of benzene rings is 1. The molecule has 1 aromatic rings. The first-order valence-corrected chi connectivity index (χ1v) is 5.51. The van der Waals surface area contributed by atoms with Crippen molar-refractivity contribution in [3.63, 3.8) is 0 Å². The van der Waals surface area contributed by atoms with Crippen LogP contribution in [0, 0.1) is 10.1 Å². The number of nitrogens with two attached hydrogens (primary N) is 1. The van der Waals surface area contributed by atoms with Crippen molar-refractivity contribution in [1.29, 1.82) is 0 Å².